The number of benzene rings is 2. The molecule has 0 saturated heterocycles. The van der Waals surface area contributed by atoms with Gasteiger partial charge in [-0.3, -0.25) is 4.79 Å². The third kappa shape index (κ3) is 3.26. The van der Waals surface area contributed by atoms with Crippen molar-refractivity contribution in [3.8, 4) is 11.5 Å². The molecule has 0 atom stereocenters. The summed E-state index contributed by atoms with van der Waals surface area (Å²) < 4.78 is 17.9. The highest BCUT2D eigenvalue weighted by Crippen LogP contribution is 2.26. The Kier molecular flexibility index (Phi) is 4.20. The number of amides is 1. The van der Waals surface area contributed by atoms with E-state index >= 15 is 0 Å². The smallest absolute Gasteiger partial charge is 0.251 e. The number of phenolic OH excluding ortho intramolecular Hbond substituents is 1. The van der Waals surface area contributed by atoms with E-state index < -0.39 is 0 Å². The summed E-state index contributed by atoms with van der Waals surface area (Å²) in [4.78, 5) is 11.9. The number of aromatic hydroxyl groups is 1. The van der Waals surface area contributed by atoms with Gasteiger partial charge in [-0.05, 0) is 35.9 Å². The van der Waals surface area contributed by atoms with E-state index in [0.717, 1.165) is 0 Å². The molecule has 20 heavy (non-hydrogen) atoms. The van der Waals surface area contributed by atoms with Gasteiger partial charge in [0.25, 0.3) is 5.91 Å². The maximum absolute atomic E-state index is 13.0. The quantitative estimate of drug-likeness (QED) is 0.901. The van der Waals surface area contributed by atoms with Crippen molar-refractivity contribution < 1.29 is 19.0 Å². The Bertz CT molecular complexity index is 628. The van der Waals surface area contributed by atoms with Gasteiger partial charge in [-0.2, -0.15) is 0 Å². The van der Waals surface area contributed by atoms with Crippen LogP contribution < -0.4 is 10.1 Å². The Balaban J connectivity index is 2.05. The minimum absolute atomic E-state index is 0.0332. The summed E-state index contributed by atoms with van der Waals surface area (Å²) in [5.41, 5.74) is 1.03. The summed E-state index contributed by atoms with van der Waals surface area (Å²) in [5.74, 6) is -0.479. The molecule has 4 nitrogen and oxygen atoms in total. The van der Waals surface area contributed by atoms with Gasteiger partial charge in [0.1, 0.15) is 5.82 Å². The molecular formula is C15H14FNO3. The molecule has 0 aromatic heterocycles. The average molecular weight is 275 g/mol. The van der Waals surface area contributed by atoms with Crippen molar-refractivity contribution in [2.75, 3.05) is 7.11 Å². The number of halogens is 1. The van der Waals surface area contributed by atoms with Crippen LogP contribution in [0.3, 0.4) is 0 Å². The maximum atomic E-state index is 13.0. The molecule has 0 aliphatic heterocycles. The number of nitrogens with one attached hydrogen (secondary N) is 1. The number of phenols is 1. The van der Waals surface area contributed by atoms with Gasteiger partial charge in [-0.15, -0.1) is 0 Å². The standard InChI is InChI=1S/C15H14FNO3/c1-20-14-8-11(5-6-13(14)18)15(19)17-9-10-3-2-4-12(16)7-10/h2-8,18H,9H2,1H3,(H,17,19). The second-order valence-corrected chi connectivity index (χ2v) is 4.20. The lowest BCUT2D eigenvalue weighted by Crippen LogP contribution is -2.22. The molecule has 0 aliphatic carbocycles. The van der Waals surface area contributed by atoms with Crippen LogP contribution in [0.1, 0.15) is 15.9 Å². The van der Waals surface area contributed by atoms with Crippen LogP contribution in [0.4, 0.5) is 4.39 Å². The summed E-state index contributed by atoms with van der Waals surface area (Å²) in [7, 11) is 1.41. The molecule has 0 bridgehead atoms. The first kappa shape index (κ1) is 13.9. The number of carbonyl (C=O) groups excluding carboxylic acids is 1. The largest absolute Gasteiger partial charge is 0.504 e. The first-order chi connectivity index (χ1) is 9.60. The molecule has 0 spiro atoms. The van der Waals surface area contributed by atoms with Crippen LogP contribution in [0.25, 0.3) is 0 Å². The molecule has 2 aromatic carbocycles. The average Bonchev–Trinajstić information content (AvgIpc) is 2.45. The predicted molar refractivity (Wildman–Crippen MR) is 72.2 cm³/mol. The lowest BCUT2D eigenvalue weighted by atomic mass is 10.1. The molecule has 1 amide bonds. The van der Waals surface area contributed by atoms with E-state index in [1.54, 1.807) is 12.1 Å². The van der Waals surface area contributed by atoms with Crippen LogP contribution in [-0.4, -0.2) is 18.1 Å². The van der Waals surface area contributed by atoms with Crippen LogP contribution in [-0.2, 0) is 6.54 Å². The third-order valence-corrected chi connectivity index (χ3v) is 2.78. The van der Waals surface area contributed by atoms with Crippen LogP contribution in [0.15, 0.2) is 42.5 Å². The Morgan fingerprint density at radius 3 is 2.80 bits per heavy atom. The molecule has 0 heterocycles. The van der Waals surface area contributed by atoms with Crippen molar-refractivity contribution in [1.29, 1.82) is 0 Å². The number of carbonyl (C=O) groups is 1. The summed E-state index contributed by atoms with van der Waals surface area (Å²) >= 11 is 0. The zero-order valence-electron chi connectivity index (χ0n) is 10.9. The fourth-order valence-electron chi connectivity index (χ4n) is 1.75. The van der Waals surface area contributed by atoms with Crippen molar-refractivity contribution in [2.45, 2.75) is 6.54 Å². The van der Waals surface area contributed by atoms with Gasteiger partial charge in [0.2, 0.25) is 0 Å². The number of hydrogen-bond acceptors (Lipinski definition) is 3. The van der Waals surface area contributed by atoms with Crippen LogP contribution in [0, 0.1) is 5.82 Å². The van der Waals surface area contributed by atoms with E-state index in [1.165, 1.54) is 37.4 Å². The highest BCUT2D eigenvalue weighted by atomic mass is 19.1. The molecule has 2 N–H and O–H groups in total. The van der Waals surface area contributed by atoms with E-state index in [9.17, 15) is 14.3 Å². The molecule has 5 heteroatoms. The first-order valence-corrected chi connectivity index (χ1v) is 6.00. The van der Waals surface area contributed by atoms with Crippen molar-refractivity contribution in [1.82, 2.24) is 5.32 Å². The van der Waals surface area contributed by atoms with E-state index in [2.05, 4.69) is 5.32 Å². The summed E-state index contributed by atoms with van der Waals surface area (Å²) in [5, 5.41) is 12.1. The van der Waals surface area contributed by atoms with Crippen LogP contribution in [0.5, 0.6) is 11.5 Å². The molecule has 0 unspecified atom stereocenters. The van der Waals surface area contributed by atoms with Gasteiger partial charge < -0.3 is 15.2 Å². The Morgan fingerprint density at radius 2 is 2.10 bits per heavy atom. The Labute approximate surface area is 115 Å². The van der Waals surface area contributed by atoms with Gasteiger partial charge in [-0.1, -0.05) is 12.1 Å². The SMILES string of the molecule is COc1cc(C(=O)NCc2cccc(F)c2)ccc1O. The normalized spacial score (nSPS) is 10.1. The van der Waals surface area contributed by atoms with Gasteiger partial charge in [0, 0.05) is 12.1 Å². The van der Waals surface area contributed by atoms with Gasteiger partial charge >= 0.3 is 0 Å². The highest BCUT2D eigenvalue weighted by molar-refractivity contribution is 5.94. The van der Waals surface area contributed by atoms with Crippen molar-refractivity contribution >= 4 is 5.91 Å². The molecule has 2 rings (SSSR count). The second kappa shape index (κ2) is 6.06. The fraction of sp³-hybridized carbons (Fsp3) is 0.133. The van der Waals surface area contributed by atoms with Crippen molar-refractivity contribution in [2.24, 2.45) is 0 Å². The van der Waals surface area contributed by atoms with E-state index in [-0.39, 0.29) is 29.8 Å². The van der Waals surface area contributed by atoms with Gasteiger partial charge in [-0.25, -0.2) is 4.39 Å². The van der Waals surface area contributed by atoms with Crippen molar-refractivity contribution in [3.05, 3.63) is 59.4 Å². The lowest BCUT2D eigenvalue weighted by molar-refractivity contribution is 0.0950. The maximum Gasteiger partial charge on any atom is 0.251 e. The zero-order valence-corrected chi connectivity index (χ0v) is 10.9. The topological polar surface area (TPSA) is 58.6 Å². The first-order valence-electron chi connectivity index (χ1n) is 6.00. The monoisotopic (exact) mass is 275 g/mol. The van der Waals surface area contributed by atoms with Gasteiger partial charge in [0.15, 0.2) is 11.5 Å². The highest BCUT2D eigenvalue weighted by Gasteiger charge is 2.09. The second-order valence-electron chi connectivity index (χ2n) is 4.20. The Hall–Kier alpha value is -2.56. The lowest BCUT2D eigenvalue weighted by Gasteiger charge is -2.08. The van der Waals surface area contributed by atoms with Crippen LogP contribution >= 0.6 is 0 Å². The zero-order chi connectivity index (χ0) is 14.5. The molecule has 2 aromatic rings. The summed E-state index contributed by atoms with van der Waals surface area (Å²) in [6.45, 7) is 0.222. The number of rotatable bonds is 4. The van der Waals surface area contributed by atoms with E-state index in [4.69, 9.17) is 4.74 Å². The fourth-order valence-corrected chi connectivity index (χ4v) is 1.75. The third-order valence-electron chi connectivity index (χ3n) is 2.78. The Morgan fingerprint density at radius 1 is 1.30 bits per heavy atom. The molecule has 0 aliphatic rings. The number of hydrogen-bond donors (Lipinski definition) is 2. The molecular weight excluding hydrogens is 261 g/mol. The number of ether oxygens (including phenoxy) is 1. The number of methoxy groups -OCH3 is 1. The molecule has 0 saturated carbocycles. The molecule has 0 fully saturated rings. The molecule has 104 valence electrons. The van der Waals surface area contributed by atoms with Gasteiger partial charge in [0.05, 0.1) is 7.11 Å². The minimum Gasteiger partial charge on any atom is -0.504 e. The predicted octanol–water partition coefficient (Wildman–Crippen LogP) is 2.47. The van der Waals surface area contributed by atoms with Crippen LogP contribution in [0.2, 0.25) is 0 Å². The van der Waals surface area contributed by atoms with E-state index in [1.807, 2.05) is 0 Å². The minimum atomic E-state index is -0.344. The summed E-state index contributed by atoms with van der Waals surface area (Å²) in [6, 6.07) is 10.3. The summed E-state index contributed by atoms with van der Waals surface area (Å²) in [6.07, 6.45) is 0. The molecule has 0 radical (unpaired) electrons. The van der Waals surface area contributed by atoms with Crippen molar-refractivity contribution in [3.63, 3.8) is 0 Å². The van der Waals surface area contributed by atoms with E-state index in [0.29, 0.717) is 11.1 Å².